The highest BCUT2D eigenvalue weighted by Crippen LogP contribution is 2.22. The Morgan fingerprint density at radius 1 is 1.38 bits per heavy atom. The highest BCUT2D eigenvalue weighted by Gasteiger charge is 2.27. The fraction of sp³-hybridized carbons (Fsp3) is 0.500. The van der Waals surface area contributed by atoms with Crippen LogP contribution in [-0.2, 0) is 17.7 Å². The van der Waals surface area contributed by atoms with Gasteiger partial charge in [-0.05, 0) is 23.6 Å². The van der Waals surface area contributed by atoms with Crippen molar-refractivity contribution >= 4 is 5.97 Å². The van der Waals surface area contributed by atoms with Gasteiger partial charge in [0.2, 0.25) is 0 Å². The molecule has 0 bridgehead atoms. The SMILES string of the molecule is O=C(O)c1cccc2c1CCN(CCOCC(F)(F)F)C2. The summed E-state index contributed by atoms with van der Waals surface area (Å²) < 4.78 is 40.4. The van der Waals surface area contributed by atoms with E-state index in [1.807, 2.05) is 11.0 Å². The first-order valence-electron chi connectivity index (χ1n) is 6.58. The molecule has 0 atom stereocenters. The molecule has 1 aromatic rings. The number of nitrogens with zero attached hydrogens (tertiary/aromatic N) is 1. The van der Waals surface area contributed by atoms with E-state index >= 15 is 0 Å². The lowest BCUT2D eigenvalue weighted by Gasteiger charge is -2.29. The first kappa shape index (κ1) is 15.8. The van der Waals surface area contributed by atoms with Gasteiger partial charge in [-0.1, -0.05) is 12.1 Å². The van der Waals surface area contributed by atoms with Gasteiger partial charge in [0.15, 0.2) is 0 Å². The van der Waals surface area contributed by atoms with Crippen LogP contribution in [0.1, 0.15) is 21.5 Å². The molecule has 0 fully saturated rings. The van der Waals surface area contributed by atoms with Crippen LogP contribution in [0.5, 0.6) is 0 Å². The van der Waals surface area contributed by atoms with Gasteiger partial charge in [0.25, 0.3) is 0 Å². The lowest BCUT2D eigenvalue weighted by Crippen LogP contribution is -2.34. The zero-order chi connectivity index (χ0) is 15.5. The molecule has 1 heterocycles. The largest absolute Gasteiger partial charge is 0.478 e. The molecule has 0 unspecified atom stereocenters. The lowest BCUT2D eigenvalue weighted by molar-refractivity contribution is -0.174. The minimum absolute atomic E-state index is 0.00741. The second-order valence-electron chi connectivity index (χ2n) is 4.94. The maximum absolute atomic E-state index is 11.9. The molecule has 0 radical (unpaired) electrons. The van der Waals surface area contributed by atoms with E-state index in [9.17, 15) is 18.0 Å². The molecule has 1 aromatic carbocycles. The maximum atomic E-state index is 11.9. The molecule has 116 valence electrons. The summed E-state index contributed by atoms with van der Waals surface area (Å²) in [7, 11) is 0. The van der Waals surface area contributed by atoms with Crippen LogP contribution in [0.15, 0.2) is 18.2 Å². The van der Waals surface area contributed by atoms with Gasteiger partial charge in [0.05, 0.1) is 12.2 Å². The molecule has 2 rings (SSSR count). The average molecular weight is 303 g/mol. The summed E-state index contributed by atoms with van der Waals surface area (Å²) in [5.41, 5.74) is 2.04. The van der Waals surface area contributed by atoms with Crippen molar-refractivity contribution in [2.45, 2.75) is 19.1 Å². The molecule has 0 amide bonds. The van der Waals surface area contributed by atoms with Crippen LogP contribution in [0.2, 0.25) is 0 Å². The highest BCUT2D eigenvalue weighted by atomic mass is 19.4. The van der Waals surface area contributed by atoms with E-state index in [-0.39, 0.29) is 6.61 Å². The normalized spacial score (nSPS) is 15.8. The third-order valence-corrected chi connectivity index (χ3v) is 3.39. The molecule has 4 nitrogen and oxygen atoms in total. The second-order valence-corrected chi connectivity index (χ2v) is 4.94. The monoisotopic (exact) mass is 303 g/mol. The number of rotatable bonds is 5. The van der Waals surface area contributed by atoms with Crippen molar-refractivity contribution in [3.8, 4) is 0 Å². The Morgan fingerprint density at radius 3 is 2.81 bits per heavy atom. The summed E-state index contributed by atoms with van der Waals surface area (Å²) >= 11 is 0. The van der Waals surface area contributed by atoms with Crippen LogP contribution in [0, 0.1) is 0 Å². The second kappa shape index (κ2) is 6.44. The zero-order valence-electron chi connectivity index (χ0n) is 11.3. The number of hydrogen-bond acceptors (Lipinski definition) is 3. The van der Waals surface area contributed by atoms with Gasteiger partial charge in [-0.15, -0.1) is 0 Å². The van der Waals surface area contributed by atoms with Crippen molar-refractivity contribution in [2.75, 3.05) is 26.3 Å². The molecular formula is C14H16F3NO3. The number of carboxylic acid groups (broad SMARTS) is 1. The Kier molecular flexibility index (Phi) is 4.84. The van der Waals surface area contributed by atoms with Crippen LogP contribution in [0.25, 0.3) is 0 Å². The average Bonchev–Trinajstić information content (AvgIpc) is 2.41. The van der Waals surface area contributed by atoms with Crippen molar-refractivity contribution < 1.29 is 27.8 Å². The van der Waals surface area contributed by atoms with Gasteiger partial charge in [-0.25, -0.2) is 4.79 Å². The smallest absolute Gasteiger partial charge is 0.411 e. The predicted octanol–water partition coefficient (Wildman–Crippen LogP) is 2.32. The van der Waals surface area contributed by atoms with Crippen LogP contribution in [0.3, 0.4) is 0 Å². The Balaban J connectivity index is 1.89. The molecule has 7 heteroatoms. The zero-order valence-corrected chi connectivity index (χ0v) is 11.3. The molecule has 0 saturated carbocycles. The Bertz CT molecular complexity index is 517. The topological polar surface area (TPSA) is 49.8 Å². The molecule has 0 aliphatic carbocycles. The fourth-order valence-electron chi connectivity index (χ4n) is 2.44. The number of carbonyl (C=O) groups is 1. The van der Waals surface area contributed by atoms with Crippen LogP contribution >= 0.6 is 0 Å². The number of hydrogen-bond donors (Lipinski definition) is 1. The first-order chi connectivity index (χ1) is 9.87. The van der Waals surface area contributed by atoms with E-state index in [1.165, 1.54) is 0 Å². The number of ether oxygens (including phenoxy) is 1. The van der Waals surface area contributed by atoms with E-state index in [0.717, 1.165) is 11.1 Å². The number of carboxylic acids is 1. The maximum Gasteiger partial charge on any atom is 0.411 e. The quantitative estimate of drug-likeness (QED) is 0.848. The number of fused-ring (bicyclic) bond motifs is 1. The third kappa shape index (κ3) is 4.44. The van der Waals surface area contributed by atoms with Crippen molar-refractivity contribution in [3.05, 3.63) is 34.9 Å². The summed E-state index contributed by atoms with van der Waals surface area (Å²) in [4.78, 5) is 13.1. The van der Waals surface area contributed by atoms with Crippen molar-refractivity contribution in [1.29, 1.82) is 0 Å². The van der Waals surface area contributed by atoms with Gasteiger partial charge in [-0.3, -0.25) is 4.90 Å². The van der Waals surface area contributed by atoms with Gasteiger partial charge in [0.1, 0.15) is 6.61 Å². The molecular weight excluding hydrogens is 287 g/mol. The van der Waals surface area contributed by atoms with Crippen LogP contribution in [0.4, 0.5) is 13.2 Å². The minimum atomic E-state index is -4.30. The van der Waals surface area contributed by atoms with Crippen molar-refractivity contribution in [2.24, 2.45) is 0 Å². The van der Waals surface area contributed by atoms with Gasteiger partial charge in [0, 0.05) is 19.6 Å². The van der Waals surface area contributed by atoms with Gasteiger partial charge < -0.3 is 9.84 Å². The summed E-state index contributed by atoms with van der Waals surface area (Å²) in [5, 5.41) is 9.12. The van der Waals surface area contributed by atoms with Crippen LogP contribution < -0.4 is 0 Å². The van der Waals surface area contributed by atoms with E-state index in [1.54, 1.807) is 12.1 Å². The molecule has 0 saturated heterocycles. The molecule has 0 aromatic heterocycles. The Morgan fingerprint density at radius 2 is 2.14 bits per heavy atom. The molecule has 0 spiro atoms. The van der Waals surface area contributed by atoms with Crippen molar-refractivity contribution in [3.63, 3.8) is 0 Å². The van der Waals surface area contributed by atoms with E-state index in [0.29, 0.717) is 31.6 Å². The van der Waals surface area contributed by atoms with E-state index in [4.69, 9.17) is 5.11 Å². The number of aromatic carboxylic acids is 1. The van der Waals surface area contributed by atoms with Crippen LogP contribution in [-0.4, -0.2) is 48.5 Å². The summed E-state index contributed by atoms with van der Waals surface area (Å²) in [5.74, 6) is -0.950. The van der Waals surface area contributed by atoms with Gasteiger partial charge in [-0.2, -0.15) is 13.2 Å². The summed E-state index contributed by atoms with van der Waals surface area (Å²) in [6.45, 7) is 0.319. The Hall–Kier alpha value is -1.60. The Labute approximate surface area is 120 Å². The predicted molar refractivity (Wildman–Crippen MR) is 69.3 cm³/mol. The molecule has 21 heavy (non-hydrogen) atoms. The van der Waals surface area contributed by atoms with E-state index < -0.39 is 18.8 Å². The number of halogens is 3. The third-order valence-electron chi connectivity index (χ3n) is 3.39. The molecule has 1 aliphatic rings. The van der Waals surface area contributed by atoms with Gasteiger partial charge >= 0.3 is 12.1 Å². The van der Waals surface area contributed by atoms with E-state index in [2.05, 4.69) is 4.74 Å². The van der Waals surface area contributed by atoms with Crippen molar-refractivity contribution in [1.82, 2.24) is 4.90 Å². The molecule has 1 N–H and O–H groups in total. The minimum Gasteiger partial charge on any atom is -0.478 e. The highest BCUT2D eigenvalue weighted by molar-refractivity contribution is 5.89. The standard InChI is InChI=1S/C14H16F3NO3/c15-14(16,17)9-21-7-6-18-5-4-11-10(8-18)2-1-3-12(11)13(19)20/h1-3H,4-9H2,(H,19,20). The number of alkyl halides is 3. The summed E-state index contributed by atoms with van der Waals surface area (Å²) in [6, 6.07) is 5.11. The summed E-state index contributed by atoms with van der Waals surface area (Å²) in [6.07, 6.45) is -3.72. The number of benzene rings is 1. The lowest BCUT2D eigenvalue weighted by atomic mass is 9.94. The first-order valence-corrected chi connectivity index (χ1v) is 6.58. The fourth-order valence-corrected chi connectivity index (χ4v) is 2.44. The molecule has 1 aliphatic heterocycles.